The molecule has 0 fully saturated rings. The van der Waals surface area contributed by atoms with Crippen molar-refractivity contribution >= 4 is 75.3 Å². The van der Waals surface area contributed by atoms with Crippen molar-refractivity contribution < 1.29 is 4.42 Å². The zero-order valence-corrected chi connectivity index (χ0v) is 15.1. The monoisotopic (exact) mass is 424 g/mol. The SMILES string of the molecule is Brc1ccc2ccc3oc4ccc5ccccc5c4c3c2c1Br. The van der Waals surface area contributed by atoms with Crippen LogP contribution in [0.4, 0.5) is 0 Å². The molecule has 0 aliphatic carbocycles. The van der Waals surface area contributed by atoms with Gasteiger partial charge in [0.25, 0.3) is 0 Å². The summed E-state index contributed by atoms with van der Waals surface area (Å²) in [6.07, 6.45) is 0. The summed E-state index contributed by atoms with van der Waals surface area (Å²) >= 11 is 7.37. The van der Waals surface area contributed by atoms with Gasteiger partial charge in [0.1, 0.15) is 11.2 Å². The summed E-state index contributed by atoms with van der Waals surface area (Å²) in [6.45, 7) is 0. The van der Waals surface area contributed by atoms with Crippen LogP contribution >= 0.6 is 31.9 Å². The minimum absolute atomic E-state index is 0.919. The van der Waals surface area contributed by atoms with Crippen molar-refractivity contribution in [2.24, 2.45) is 0 Å². The number of rotatable bonds is 0. The topological polar surface area (TPSA) is 13.1 Å². The molecule has 0 aliphatic heterocycles. The first-order chi connectivity index (χ1) is 11.2. The highest BCUT2D eigenvalue weighted by Gasteiger charge is 2.15. The maximum Gasteiger partial charge on any atom is 0.136 e. The molecule has 0 saturated heterocycles. The normalized spacial score (nSPS) is 11.9. The van der Waals surface area contributed by atoms with Crippen molar-refractivity contribution in [3.63, 3.8) is 0 Å². The van der Waals surface area contributed by atoms with Gasteiger partial charge < -0.3 is 4.42 Å². The van der Waals surface area contributed by atoms with E-state index in [1.807, 2.05) is 0 Å². The molecule has 5 rings (SSSR count). The number of benzene rings is 4. The van der Waals surface area contributed by atoms with Crippen molar-refractivity contribution in [3.8, 4) is 0 Å². The summed E-state index contributed by atoms with van der Waals surface area (Å²) in [4.78, 5) is 0. The van der Waals surface area contributed by atoms with E-state index in [-0.39, 0.29) is 0 Å². The van der Waals surface area contributed by atoms with Gasteiger partial charge in [0.15, 0.2) is 0 Å². The molecule has 0 N–H and O–H groups in total. The van der Waals surface area contributed by atoms with Gasteiger partial charge in [-0.1, -0.05) is 42.5 Å². The van der Waals surface area contributed by atoms with Crippen LogP contribution < -0.4 is 0 Å². The molecule has 1 nitrogen and oxygen atoms in total. The van der Waals surface area contributed by atoms with Crippen LogP contribution in [0, 0.1) is 0 Å². The number of hydrogen-bond donors (Lipinski definition) is 0. The highest BCUT2D eigenvalue weighted by molar-refractivity contribution is 9.13. The lowest BCUT2D eigenvalue weighted by molar-refractivity contribution is 0.669. The van der Waals surface area contributed by atoms with Crippen molar-refractivity contribution in [3.05, 3.63) is 69.6 Å². The van der Waals surface area contributed by atoms with Gasteiger partial charge in [0, 0.05) is 25.1 Å². The minimum Gasteiger partial charge on any atom is -0.456 e. The van der Waals surface area contributed by atoms with E-state index < -0.39 is 0 Å². The zero-order chi connectivity index (χ0) is 15.6. The zero-order valence-electron chi connectivity index (χ0n) is 11.9. The van der Waals surface area contributed by atoms with Crippen molar-refractivity contribution in [1.82, 2.24) is 0 Å². The maximum atomic E-state index is 6.13. The van der Waals surface area contributed by atoms with E-state index in [4.69, 9.17) is 4.42 Å². The summed E-state index contributed by atoms with van der Waals surface area (Å²) in [5.74, 6) is 0. The lowest BCUT2D eigenvalue weighted by Gasteiger charge is -2.05. The first-order valence-corrected chi connectivity index (χ1v) is 8.93. The van der Waals surface area contributed by atoms with Gasteiger partial charge in [-0.25, -0.2) is 0 Å². The Balaban J connectivity index is 2.18. The summed E-state index contributed by atoms with van der Waals surface area (Å²) in [5, 5.41) is 7.19. The molecule has 110 valence electrons. The molecule has 4 aromatic carbocycles. The predicted molar refractivity (Wildman–Crippen MR) is 104 cm³/mol. The van der Waals surface area contributed by atoms with Crippen molar-refractivity contribution in [2.45, 2.75) is 0 Å². The molecule has 23 heavy (non-hydrogen) atoms. The number of hydrogen-bond acceptors (Lipinski definition) is 1. The molecule has 1 heterocycles. The van der Waals surface area contributed by atoms with E-state index in [0.717, 1.165) is 20.1 Å². The molecule has 0 atom stereocenters. The highest BCUT2D eigenvalue weighted by atomic mass is 79.9. The Labute approximate surface area is 149 Å². The molecule has 0 bridgehead atoms. The standard InChI is InChI=1S/C20H10Br2O/c21-14-8-5-12-7-10-16-19(17(12)20(14)22)18-13-4-2-1-3-11(13)6-9-15(18)23-16/h1-10H. The van der Waals surface area contributed by atoms with Gasteiger partial charge in [-0.05, 0) is 66.2 Å². The van der Waals surface area contributed by atoms with Crippen LogP contribution in [0.2, 0.25) is 0 Å². The number of furan rings is 1. The smallest absolute Gasteiger partial charge is 0.136 e. The van der Waals surface area contributed by atoms with Gasteiger partial charge in [-0.2, -0.15) is 0 Å². The second-order valence-electron chi connectivity index (χ2n) is 5.66. The van der Waals surface area contributed by atoms with E-state index in [0.29, 0.717) is 0 Å². The fourth-order valence-electron chi connectivity index (χ4n) is 3.38. The van der Waals surface area contributed by atoms with Gasteiger partial charge in [0.05, 0.1) is 0 Å². The summed E-state index contributed by atoms with van der Waals surface area (Å²) < 4.78 is 8.24. The summed E-state index contributed by atoms with van der Waals surface area (Å²) in [6, 6.07) is 21.0. The minimum atomic E-state index is 0.919. The van der Waals surface area contributed by atoms with E-state index in [9.17, 15) is 0 Å². The van der Waals surface area contributed by atoms with Gasteiger partial charge in [-0.3, -0.25) is 0 Å². The van der Waals surface area contributed by atoms with E-state index >= 15 is 0 Å². The van der Waals surface area contributed by atoms with Crippen molar-refractivity contribution in [1.29, 1.82) is 0 Å². The van der Waals surface area contributed by atoms with Gasteiger partial charge in [-0.15, -0.1) is 0 Å². The number of halogens is 2. The Morgan fingerprint density at radius 3 is 2.17 bits per heavy atom. The Bertz CT molecular complexity index is 1230. The third-order valence-electron chi connectivity index (χ3n) is 4.40. The van der Waals surface area contributed by atoms with E-state index in [2.05, 4.69) is 92.5 Å². The first kappa shape index (κ1) is 13.6. The van der Waals surface area contributed by atoms with Crippen LogP contribution in [0.5, 0.6) is 0 Å². The maximum absolute atomic E-state index is 6.13. The third kappa shape index (κ3) is 1.84. The Kier molecular flexibility index (Phi) is 2.85. The van der Waals surface area contributed by atoms with E-state index in [1.165, 1.54) is 32.3 Å². The molecule has 5 aromatic rings. The molecule has 1 aromatic heterocycles. The summed E-state index contributed by atoms with van der Waals surface area (Å²) in [7, 11) is 0. The molecule has 0 radical (unpaired) electrons. The van der Waals surface area contributed by atoms with Crippen LogP contribution in [-0.4, -0.2) is 0 Å². The average molecular weight is 426 g/mol. The van der Waals surface area contributed by atoms with E-state index in [1.54, 1.807) is 0 Å². The Morgan fingerprint density at radius 2 is 1.30 bits per heavy atom. The van der Waals surface area contributed by atoms with Crippen LogP contribution in [-0.2, 0) is 0 Å². The molecule has 0 aliphatic rings. The third-order valence-corrected chi connectivity index (χ3v) is 6.42. The Morgan fingerprint density at radius 1 is 0.609 bits per heavy atom. The molecule has 0 saturated carbocycles. The van der Waals surface area contributed by atoms with Gasteiger partial charge >= 0.3 is 0 Å². The largest absolute Gasteiger partial charge is 0.456 e. The number of fused-ring (bicyclic) bond motifs is 7. The second-order valence-corrected chi connectivity index (χ2v) is 7.31. The van der Waals surface area contributed by atoms with Gasteiger partial charge in [0.2, 0.25) is 0 Å². The van der Waals surface area contributed by atoms with Crippen LogP contribution in [0.3, 0.4) is 0 Å². The van der Waals surface area contributed by atoms with Crippen LogP contribution in [0.25, 0.3) is 43.5 Å². The second kappa shape index (κ2) is 4.83. The quantitative estimate of drug-likeness (QED) is 0.251. The predicted octanol–water partition coefficient (Wildman–Crippen LogP) is 7.42. The molecule has 0 unspecified atom stereocenters. The molecule has 0 amide bonds. The fourth-order valence-corrected chi connectivity index (χ4v) is 4.27. The van der Waals surface area contributed by atoms with Crippen LogP contribution in [0.1, 0.15) is 0 Å². The average Bonchev–Trinajstić information content (AvgIpc) is 2.97. The lowest BCUT2D eigenvalue weighted by atomic mass is 10.00. The first-order valence-electron chi connectivity index (χ1n) is 7.35. The molecule has 0 spiro atoms. The lowest BCUT2D eigenvalue weighted by Crippen LogP contribution is -1.80. The highest BCUT2D eigenvalue weighted by Crippen LogP contribution is 2.42. The summed E-state index contributed by atoms with van der Waals surface area (Å²) in [5.41, 5.74) is 1.85. The Hall–Kier alpha value is -1.84. The molecular weight excluding hydrogens is 416 g/mol. The fraction of sp³-hybridized carbons (Fsp3) is 0. The van der Waals surface area contributed by atoms with Crippen molar-refractivity contribution in [2.75, 3.05) is 0 Å². The van der Waals surface area contributed by atoms with Crippen LogP contribution in [0.15, 0.2) is 74.0 Å². The molecular formula is C20H10Br2O. The molecule has 3 heteroatoms.